The van der Waals surface area contributed by atoms with E-state index in [4.69, 9.17) is 14.6 Å². The number of hydrogen-bond acceptors (Lipinski definition) is 6. The van der Waals surface area contributed by atoms with Gasteiger partial charge in [-0.2, -0.15) is 10.2 Å². The largest absolute Gasteiger partial charge is 0.493 e. The summed E-state index contributed by atoms with van der Waals surface area (Å²) in [6, 6.07) is 10.9. The van der Waals surface area contributed by atoms with Crippen molar-refractivity contribution >= 4 is 19.8 Å². The minimum absolute atomic E-state index is 0.142. The molecule has 0 bridgehead atoms. The van der Waals surface area contributed by atoms with Crippen molar-refractivity contribution in [1.82, 2.24) is 29.7 Å². The van der Waals surface area contributed by atoms with E-state index in [2.05, 4.69) is 48.9 Å². The molecular formula is C29H40N6O4Si. The Labute approximate surface area is 236 Å². The van der Waals surface area contributed by atoms with E-state index in [-0.39, 0.29) is 5.92 Å². The number of hydrogen-bond donors (Lipinski definition) is 2. The van der Waals surface area contributed by atoms with Gasteiger partial charge in [0.25, 0.3) is 0 Å². The van der Waals surface area contributed by atoms with Gasteiger partial charge < -0.3 is 19.9 Å². The molecule has 1 aromatic carbocycles. The van der Waals surface area contributed by atoms with E-state index < -0.39 is 19.7 Å². The van der Waals surface area contributed by atoms with E-state index in [0.29, 0.717) is 24.7 Å². The Bertz CT molecular complexity index is 1480. The zero-order chi connectivity index (χ0) is 29.2. The molecule has 40 heavy (non-hydrogen) atoms. The van der Waals surface area contributed by atoms with Crippen LogP contribution in [-0.4, -0.2) is 57.4 Å². The van der Waals surface area contributed by atoms with Gasteiger partial charge in [-0.25, -0.2) is 19.0 Å². The topological polar surface area (TPSA) is 116 Å². The average molecular weight is 565 g/mol. The van der Waals surface area contributed by atoms with Crippen molar-refractivity contribution in [1.29, 1.82) is 0 Å². The van der Waals surface area contributed by atoms with Crippen molar-refractivity contribution in [3.8, 4) is 28.3 Å². The molecule has 0 aliphatic rings. The summed E-state index contributed by atoms with van der Waals surface area (Å²) in [7, 11) is 0.379. The van der Waals surface area contributed by atoms with Crippen molar-refractivity contribution in [3.63, 3.8) is 0 Å². The number of carbonyl (C=O) groups is 1. The quantitative estimate of drug-likeness (QED) is 0.164. The highest BCUT2D eigenvalue weighted by Crippen LogP contribution is 2.39. The first-order chi connectivity index (χ1) is 18.8. The van der Waals surface area contributed by atoms with Crippen LogP contribution in [0.3, 0.4) is 0 Å². The lowest BCUT2D eigenvalue weighted by molar-refractivity contribution is 0.0799. The molecule has 11 heteroatoms. The van der Waals surface area contributed by atoms with Crippen LogP contribution in [0.4, 0.5) is 4.79 Å². The number of ether oxygens (including phenoxy) is 2. The lowest BCUT2D eigenvalue weighted by atomic mass is 9.91. The van der Waals surface area contributed by atoms with Gasteiger partial charge in [-0.1, -0.05) is 57.8 Å². The van der Waals surface area contributed by atoms with Gasteiger partial charge in [-0.3, -0.25) is 0 Å². The van der Waals surface area contributed by atoms with Crippen LogP contribution >= 0.6 is 0 Å². The van der Waals surface area contributed by atoms with Gasteiger partial charge >= 0.3 is 6.09 Å². The van der Waals surface area contributed by atoms with Crippen molar-refractivity contribution in [3.05, 3.63) is 54.0 Å². The van der Waals surface area contributed by atoms with Crippen LogP contribution in [-0.2, 0) is 17.0 Å². The highest BCUT2D eigenvalue weighted by atomic mass is 28.3. The van der Waals surface area contributed by atoms with Crippen LogP contribution in [0, 0.1) is 0 Å². The van der Waals surface area contributed by atoms with Gasteiger partial charge in [0.05, 0.1) is 24.0 Å². The second-order valence-corrected chi connectivity index (χ2v) is 17.7. The Morgan fingerprint density at radius 3 is 2.45 bits per heavy atom. The van der Waals surface area contributed by atoms with Crippen LogP contribution in [0.1, 0.15) is 44.7 Å². The number of benzene rings is 1. The molecule has 0 aliphatic heterocycles. The molecule has 3 aromatic heterocycles. The first kappa shape index (κ1) is 29.3. The van der Waals surface area contributed by atoms with E-state index in [1.165, 1.54) is 6.33 Å². The van der Waals surface area contributed by atoms with Crippen LogP contribution in [0.25, 0.3) is 28.2 Å². The molecule has 4 aromatic rings. The van der Waals surface area contributed by atoms with E-state index in [1.54, 1.807) is 11.6 Å². The second-order valence-electron chi connectivity index (χ2n) is 12.1. The van der Waals surface area contributed by atoms with Crippen molar-refractivity contribution in [2.75, 3.05) is 13.7 Å². The first-order valence-electron chi connectivity index (χ1n) is 13.5. The van der Waals surface area contributed by atoms with E-state index >= 15 is 0 Å². The van der Waals surface area contributed by atoms with Crippen molar-refractivity contribution < 1.29 is 19.4 Å². The minimum Gasteiger partial charge on any atom is -0.493 e. The van der Waals surface area contributed by atoms with Crippen molar-refractivity contribution in [2.45, 2.75) is 71.6 Å². The molecule has 0 aliphatic carbocycles. The molecule has 0 saturated carbocycles. The van der Waals surface area contributed by atoms with Crippen LogP contribution < -0.4 is 10.1 Å². The molecule has 10 nitrogen and oxygen atoms in total. The predicted molar refractivity (Wildman–Crippen MR) is 159 cm³/mol. The summed E-state index contributed by atoms with van der Waals surface area (Å²) in [6.45, 7) is 16.0. The third kappa shape index (κ3) is 6.36. The number of carboxylic acid groups (broad SMARTS) is 1. The molecule has 214 valence electrons. The summed E-state index contributed by atoms with van der Waals surface area (Å²) in [6.07, 6.45) is 2.39. The summed E-state index contributed by atoms with van der Waals surface area (Å²) in [5.41, 5.74) is 5.47. The van der Waals surface area contributed by atoms with Gasteiger partial charge in [0.15, 0.2) is 11.4 Å². The maximum absolute atomic E-state index is 11.3. The summed E-state index contributed by atoms with van der Waals surface area (Å²) < 4.78 is 15.5. The van der Waals surface area contributed by atoms with E-state index in [0.717, 1.165) is 39.7 Å². The number of rotatable bonds is 11. The number of fused-ring (bicyclic) bond motifs is 1. The summed E-state index contributed by atoms with van der Waals surface area (Å²) in [4.78, 5) is 15.6. The number of methoxy groups -OCH3 is 1. The summed E-state index contributed by atoms with van der Waals surface area (Å²) >= 11 is 0. The maximum Gasteiger partial charge on any atom is 0.405 e. The number of aromatic nitrogens is 5. The number of nitrogens with zero attached hydrogens (tertiary/aromatic N) is 5. The Morgan fingerprint density at radius 1 is 1.15 bits per heavy atom. The fraction of sp³-hybridized carbons (Fsp3) is 0.448. The monoisotopic (exact) mass is 564 g/mol. The molecule has 3 heterocycles. The van der Waals surface area contributed by atoms with Gasteiger partial charge in [-0.05, 0) is 37.4 Å². The molecule has 0 radical (unpaired) electrons. The fourth-order valence-electron chi connectivity index (χ4n) is 4.72. The summed E-state index contributed by atoms with van der Waals surface area (Å²) in [5, 5.41) is 21.3. The minimum atomic E-state index is -1.25. The lowest BCUT2D eigenvalue weighted by Gasteiger charge is -2.25. The van der Waals surface area contributed by atoms with E-state index in [9.17, 15) is 9.90 Å². The molecule has 0 unspecified atom stereocenters. The molecule has 1 amide bonds. The van der Waals surface area contributed by atoms with Crippen LogP contribution in [0.2, 0.25) is 25.7 Å². The number of amides is 1. The molecular weight excluding hydrogens is 524 g/mol. The molecule has 0 saturated heterocycles. The summed E-state index contributed by atoms with van der Waals surface area (Å²) in [5.74, 6) is 0.763. The second kappa shape index (κ2) is 11.4. The molecule has 0 fully saturated rings. The molecule has 0 atom stereocenters. The van der Waals surface area contributed by atoms with Gasteiger partial charge in [0.2, 0.25) is 0 Å². The standard InChI is InChI=1S/C29H40N6O4Si/c1-19(2)24-25(20-9-11-22(12-10-20)29(3,4)32-28(36)37)33-35(18-39-13-14-40(6,7)8)26(24)21-15-23(38-5)27-30-17-31-34(27)16-21/h9-12,15-17,19,32H,13-14,18H2,1-8H3,(H,36,37). The normalized spacial score (nSPS) is 12.3. The van der Waals surface area contributed by atoms with Gasteiger partial charge in [0, 0.05) is 37.6 Å². The number of nitrogens with one attached hydrogen (secondary N) is 1. The van der Waals surface area contributed by atoms with Crippen molar-refractivity contribution in [2.24, 2.45) is 0 Å². The average Bonchev–Trinajstić information content (AvgIpc) is 3.49. The molecule has 4 rings (SSSR count). The first-order valence-corrected chi connectivity index (χ1v) is 17.2. The zero-order valence-corrected chi connectivity index (χ0v) is 25.6. The SMILES string of the molecule is COc1cc(-c2c(C(C)C)c(-c3ccc(C(C)(C)NC(=O)O)cc3)nn2COCC[Si](C)(C)C)cn2ncnc12. The van der Waals surface area contributed by atoms with E-state index in [1.807, 2.05) is 55.1 Å². The Balaban J connectivity index is 1.83. The Hall–Kier alpha value is -3.70. The highest BCUT2D eigenvalue weighted by Gasteiger charge is 2.26. The zero-order valence-electron chi connectivity index (χ0n) is 24.6. The Kier molecular flexibility index (Phi) is 8.36. The van der Waals surface area contributed by atoms with Crippen LogP contribution in [0.15, 0.2) is 42.9 Å². The predicted octanol–water partition coefficient (Wildman–Crippen LogP) is 6.21. The lowest BCUT2D eigenvalue weighted by Crippen LogP contribution is -2.39. The highest BCUT2D eigenvalue weighted by molar-refractivity contribution is 6.76. The molecule has 2 N–H and O–H groups in total. The number of pyridine rings is 1. The Morgan fingerprint density at radius 2 is 1.85 bits per heavy atom. The van der Waals surface area contributed by atoms with Gasteiger partial charge in [0.1, 0.15) is 13.1 Å². The maximum atomic E-state index is 11.3. The van der Waals surface area contributed by atoms with Crippen LogP contribution in [0.5, 0.6) is 5.75 Å². The molecule has 0 spiro atoms. The third-order valence-electron chi connectivity index (χ3n) is 6.91. The smallest absolute Gasteiger partial charge is 0.405 e. The van der Waals surface area contributed by atoms with Gasteiger partial charge in [-0.15, -0.1) is 0 Å². The fourth-order valence-corrected chi connectivity index (χ4v) is 5.48. The third-order valence-corrected chi connectivity index (χ3v) is 8.61.